The number of fused-ring (bicyclic) bond motifs is 3. The standard InChI is InChI=1S/C57H49.2ClH.Zr/c1-56(2,3)46-37-44-36-45-48(40-34-22-23-35-40)55(57(4,5)6)52(43-32-20-11-21-33-43)50(42-30-18-10-19-31-42)53(45)51(44)49(41-28-16-9-17-29-41)54(46)47(38-24-12-7-13-25-38)39-26-14-8-15-27-39;;;/h7-34,37H,35H2,1-6H3;2*1H;/q;;;+2/p-2. The number of hydrogen-bond acceptors (Lipinski definition) is 0. The third-order valence-corrected chi connectivity index (χ3v) is 13.1. The van der Waals surface area contributed by atoms with E-state index in [0.29, 0.717) is 0 Å². The van der Waals surface area contributed by atoms with E-state index >= 15 is 0 Å². The molecule has 0 amide bonds. The molecule has 60 heavy (non-hydrogen) atoms. The molecule has 0 nitrogen and oxygen atoms in total. The molecular weight excluding hydrogens is 847 g/mol. The largest absolute Gasteiger partial charge is 1.00 e. The van der Waals surface area contributed by atoms with E-state index in [0.717, 1.165) is 6.42 Å². The van der Waals surface area contributed by atoms with Gasteiger partial charge in [-0.25, -0.2) is 0 Å². The number of halogens is 2. The van der Waals surface area contributed by atoms with Gasteiger partial charge in [0, 0.05) is 0 Å². The second kappa shape index (κ2) is 17.3. The SMILES string of the molecule is CC(C)(C)c1c(C2=CC=CC2)c2c(c(-c3ccccc3)c1-c1ccccc1)-c1c(-c3ccccc3)c(=C(c3ccccc3)c3ccccc3)c(C(C)(C)C)cc1=[C]2[Zr+2].[Cl-].[Cl-]. The molecule has 2 aliphatic rings. The maximum Gasteiger partial charge on any atom is -1.00 e. The van der Waals surface area contributed by atoms with Gasteiger partial charge >= 0.3 is 362 Å². The summed E-state index contributed by atoms with van der Waals surface area (Å²) in [6, 6.07) is 58.5. The van der Waals surface area contributed by atoms with Gasteiger partial charge in [0.2, 0.25) is 0 Å². The van der Waals surface area contributed by atoms with E-state index in [4.69, 9.17) is 0 Å². The minimum Gasteiger partial charge on any atom is -1.00 e. The van der Waals surface area contributed by atoms with Crippen LogP contribution in [0.15, 0.2) is 176 Å². The molecule has 0 N–H and O–H groups in total. The third kappa shape index (κ3) is 7.60. The van der Waals surface area contributed by atoms with Crippen molar-refractivity contribution in [1.29, 1.82) is 0 Å². The van der Waals surface area contributed by atoms with Crippen LogP contribution in [0.4, 0.5) is 0 Å². The number of benzene rings is 7. The fraction of sp³-hybridized carbons (Fsp3) is 0.158. The number of hydrogen-bond donors (Lipinski definition) is 0. The van der Waals surface area contributed by atoms with Crippen molar-refractivity contribution in [2.45, 2.75) is 58.8 Å². The Morgan fingerprint density at radius 3 is 1.35 bits per heavy atom. The molecule has 7 aromatic rings. The Balaban J connectivity index is 0.00000272. The zero-order valence-electron chi connectivity index (χ0n) is 35.2. The molecule has 7 aromatic carbocycles. The molecule has 0 aromatic heterocycles. The molecule has 0 fully saturated rings. The van der Waals surface area contributed by atoms with Crippen LogP contribution in [0.5, 0.6) is 0 Å². The molecule has 0 atom stereocenters. The summed E-state index contributed by atoms with van der Waals surface area (Å²) in [5.41, 5.74) is 20.9. The van der Waals surface area contributed by atoms with Gasteiger partial charge in [-0.05, 0) is 0 Å². The zero-order valence-corrected chi connectivity index (χ0v) is 39.2. The Labute approximate surface area is 384 Å². The first-order valence-corrected chi connectivity index (χ1v) is 21.8. The first-order chi connectivity index (χ1) is 28.0. The molecule has 0 spiro atoms. The normalized spacial score (nSPS) is 12.9. The van der Waals surface area contributed by atoms with E-state index in [1.807, 2.05) is 0 Å². The average Bonchev–Trinajstić information content (AvgIpc) is 3.88. The van der Waals surface area contributed by atoms with Crippen molar-refractivity contribution in [2.24, 2.45) is 0 Å². The molecule has 0 heterocycles. The van der Waals surface area contributed by atoms with E-state index < -0.39 is 0 Å². The predicted octanol–water partition coefficient (Wildman–Crippen LogP) is 7.56. The van der Waals surface area contributed by atoms with Crippen LogP contribution in [0.3, 0.4) is 0 Å². The Kier molecular flexibility index (Phi) is 12.5. The van der Waals surface area contributed by atoms with Gasteiger partial charge in [0.25, 0.3) is 0 Å². The van der Waals surface area contributed by atoms with Crippen LogP contribution >= 0.6 is 0 Å². The van der Waals surface area contributed by atoms with Gasteiger partial charge in [-0.3, -0.25) is 0 Å². The van der Waals surface area contributed by atoms with Crippen LogP contribution in [0, 0.1) is 0 Å². The van der Waals surface area contributed by atoms with E-state index in [1.54, 1.807) is 0 Å². The molecule has 0 saturated carbocycles. The van der Waals surface area contributed by atoms with Crippen molar-refractivity contribution < 1.29 is 49.5 Å². The summed E-state index contributed by atoms with van der Waals surface area (Å²) < 4.78 is 1.44. The van der Waals surface area contributed by atoms with Gasteiger partial charge in [0.1, 0.15) is 0 Å². The van der Waals surface area contributed by atoms with Crippen LogP contribution < -0.4 is 35.3 Å². The predicted molar refractivity (Wildman–Crippen MR) is 244 cm³/mol. The second-order valence-electron chi connectivity index (χ2n) is 17.8. The molecule has 295 valence electrons. The van der Waals surface area contributed by atoms with E-state index in [2.05, 4.69) is 217 Å². The fourth-order valence-corrected chi connectivity index (χ4v) is 10.5. The molecular formula is C57H49Cl2Zr. The summed E-state index contributed by atoms with van der Waals surface area (Å²) in [5, 5.41) is 2.69. The van der Waals surface area contributed by atoms with Crippen LogP contribution in [0.1, 0.15) is 81.3 Å². The van der Waals surface area contributed by atoms with Crippen molar-refractivity contribution in [3.63, 3.8) is 0 Å². The number of allylic oxidation sites excluding steroid dienone is 4. The minimum atomic E-state index is -0.164. The average molecular weight is 896 g/mol. The summed E-state index contributed by atoms with van der Waals surface area (Å²) in [6.45, 7) is 14.4. The maximum atomic E-state index is 2.60. The molecule has 0 unspecified atom stereocenters. The van der Waals surface area contributed by atoms with Crippen molar-refractivity contribution in [2.75, 3.05) is 0 Å². The molecule has 3 heteroatoms. The van der Waals surface area contributed by atoms with Gasteiger partial charge < -0.3 is 24.8 Å². The first kappa shape index (κ1) is 43.3. The van der Waals surface area contributed by atoms with Gasteiger partial charge in [-0.15, -0.1) is 0 Å². The van der Waals surface area contributed by atoms with E-state index in [1.165, 1.54) is 127 Å². The Morgan fingerprint density at radius 1 is 0.467 bits per heavy atom. The summed E-state index contributed by atoms with van der Waals surface area (Å²) in [4.78, 5) is 0. The summed E-state index contributed by atoms with van der Waals surface area (Å²) in [5.74, 6) is 0. The minimum absolute atomic E-state index is 0. The molecule has 9 rings (SSSR count). The summed E-state index contributed by atoms with van der Waals surface area (Å²) >= 11 is 1.42. The van der Waals surface area contributed by atoms with Crippen molar-refractivity contribution in [3.05, 3.63) is 220 Å². The maximum absolute atomic E-state index is 2.60. The summed E-state index contributed by atoms with van der Waals surface area (Å²) in [7, 11) is 0. The van der Waals surface area contributed by atoms with Gasteiger partial charge in [-0.1, -0.05) is 0 Å². The molecule has 0 saturated heterocycles. The van der Waals surface area contributed by atoms with E-state index in [-0.39, 0.29) is 35.6 Å². The summed E-state index contributed by atoms with van der Waals surface area (Å²) in [6.07, 6.45) is 7.91. The van der Waals surface area contributed by atoms with Crippen LogP contribution in [0.2, 0.25) is 0 Å². The molecule has 0 radical (unpaired) electrons. The quantitative estimate of drug-likeness (QED) is 0.162. The smallest absolute Gasteiger partial charge is 1.00 e. The van der Waals surface area contributed by atoms with Gasteiger partial charge in [0.05, 0.1) is 0 Å². The molecule has 0 aliphatic heterocycles. The van der Waals surface area contributed by atoms with Crippen molar-refractivity contribution in [1.82, 2.24) is 0 Å². The van der Waals surface area contributed by atoms with Crippen LogP contribution in [-0.2, 0) is 35.5 Å². The van der Waals surface area contributed by atoms with Gasteiger partial charge in [-0.2, -0.15) is 0 Å². The molecule has 2 aliphatic carbocycles. The topological polar surface area (TPSA) is 0 Å². The Morgan fingerprint density at radius 2 is 0.917 bits per heavy atom. The Bertz CT molecular complexity index is 2840. The monoisotopic (exact) mass is 893 g/mol. The fourth-order valence-electron chi connectivity index (χ4n) is 9.42. The zero-order chi connectivity index (χ0) is 40.2. The van der Waals surface area contributed by atoms with Crippen molar-refractivity contribution in [3.8, 4) is 44.5 Å². The second-order valence-corrected chi connectivity index (χ2v) is 19.0. The number of rotatable bonds is 6. The van der Waals surface area contributed by atoms with Gasteiger partial charge in [0.15, 0.2) is 0 Å². The van der Waals surface area contributed by atoms with Crippen molar-refractivity contribution >= 4 is 14.4 Å². The van der Waals surface area contributed by atoms with Crippen LogP contribution in [0.25, 0.3) is 58.9 Å². The molecule has 0 bridgehead atoms. The Hall–Kier alpha value is -4.78. The third-order valence-electron chi connectivity index (χ3n) is 11.8. The van der Waals surface area contributed by atoms with Crippen LogP contribution in [-0.4, -0.2) is 0 Å². The van der Waals surface area contributed by atoms with E-state index in [9.17, 15) is 0 Å². The first-order valence-electron chi connectivity index (χ1n) is 20.6.